The number of rotatable bonds is 4. The van der Waals surface area contributed by atoms with Crippen molar-refractivity contribution in [1.82, 2.24) is 9.97 Å². The summed E-state index contributed by atoms with van der Waals surface area (Å²) in [6.07, 6.45) is 0.892. The van der Waals surface area contributed by atoms with Crippen molar-refractivity contribution < 1.29 is 8.76 Å². The lowest BCUT2D eigenvalue weighted by Crippen LogP contribution is -1.98. The molecule has 1 N–H and O–H groups in total. The molecule has 1 aromatic heterocycles. The predicted octanol–water partition coefficient (Wildman–Crippen LogP) is 2.64. The zero-order valence-electron chi connectivity index (χ0n) is 11.3. The van der Waals surface area contributed by atoms with Gasteiger partial charge < -0.3 is 9.54 Å². The summed E-state index contributed by atoms with van der Waals surface area (Å²) in [7, 11) is 0. The number of nitrogens with zero attached hydrogens (tertiary/aromatic N) is 1. The van der Waals surface area contributed by atoms with Crippen molar-refractivity contribution in [3.8, 4) is 11.3 Å². The van der Waals surface area contributed by atoms with Crippen LogP contribution in [0.1, 0.15) is 29.6 Å². The van der Waals surface area contributed by atoms with E-state index >= 15 is 0 Å². The van der Waals surface area contributed by atoms with E-state index in [1.165, 1.54) is 11.1 Å². The Morgan fingerprint density at radius 3 is 2.74 bits per heavy atom. The smallest absolute Gasteiger partial charge is 0.103 e. The van der Waals surface area contributed by atoms with Gasteiger partial charge in [0.1, 0.15) is 5.82 Å². The molecule has 1 atom stereocenters. The van der Waals surface area contributed by atoms with Gasteiger partial charge in [0.2, 0.25) is 0 Å². The maximum Gasteiger partial charge on any atom is 0.103 e. The lowest BCUT2D eigenvalue weighted by molar-refractivity contribution is 0.535. The van der Waals surface area contributed by atoms with Crippen molar-refractivity contribution in [3.63, 3.8) is 0 Å². The molecule has 0 spiro atoms. The van der Waals surface area contributed by atoms with Crippen molar-refractivity contribution in [2.75, 3.05) is 0 Å². The molecule has 19 heavy (non-hydrogen) atoms. The zero-order chi connectivity index (χ0) is 14.0. The molecule has 2 rings (SSSR count). The number of aromatic amines is 1. The Kier molecular flexibility index (Phi) is 4.17. The number of H-pyrrole nitrogens is 1. The molecule has 102 valence electrons. The Morgan fingerprint density at radius 1 is 1.37 bits per heavy atom. The van der Waals surface area contributed by atoms with Crippen LogP contribution >= 0.6 is 0 Å². The molecular formula is C14H17N2O2S-. The summed E-state index contributed by atoms with van der Waals surface area (Å²) in [6.45, 7) is 5.97. The summed E-state index contributed by atoms with van der Waals surface area (Å²) < 4.78 is 21.8. The van der Waals surface area contributed by atoms with Crippen LogP contribution in [-0.4, -0.2) is 18.7 Å². The molecule has 0 aliphatic heterocycles. The summed E-state index contributed by atoms with van der Waals surface area (Å²) in [5, 5.41) is 0. The minimum atomic E-state index is -2.12. The van der Waals surface area contributed by atoms with E-state index in [1.807, 2.05) is 26.0 Å². The fourth-order valence-electron chi connectivity index (χ4n) is 2.23. The van der Waals surface area contributed by atoms with Gasteiger partial charge >= 0.3 is 0 Å². The van der Waals surface area contributed by atoms with Crippen molar-refractivity contribution in [2.24, 2.45) is 0 Å². The van der Waals surface area contributed by atoms with Gasteiger partial charge in [-0.25, -0.2) is 4.98 Å². The summed E-state index contributed by atoms with van der Waals surface area (Å²) in [5.41, 5.74) is 4.80. The van der Waals surface area contributed by atoms with Gasteiger partial charge in [0, 0.05) is 5.56 Å². The molecule has 0 bridgehead atoms. The third kappa shape index (κ3) is 3.11. The molecule has 0 aliphatic rings. The number of imidazole rings is 1. The highest BCUT2D eigenvalue weighted by Gasteiger charge is 2.13. The van der Waals surface area contributed by atoms with Gasteiger partial charge in [0.25, 0.3) is 0 Å². The Morgan fingerprint density at radius 2 is 2.11 bits per heavy atom. The van der Waals surface area contributed by atoms with Gasteiger partial charge in [-0.1, -0.05) is 30.7 Å². The average Bonchev–Trinajstić information content (AvgIpc) is 2.69. The third-order valence-corrected chi connectivity index (χ3v) is 3.58. The molecule has 0 radical (unpaired) electrons. The lowest BCUT2D eigenvalue weighted by atomic mass is 9.99. The Bertz CT molecular complexity index is 620. The second-order valence-electron chi connectivity index (χ2n) is 4.61. The van der Waals surface area contributed by atoms with Crippen LogP contribution in [0.5, 0.6) is 0 Å². The Balaban J connectivity index is 2.55. The highest BCUT2D eigenvalue weighted by atomic mass is 32.2. The number of hydrogen-bond acceptors (Lipinski definition) is 3. The first-order valence-electron chi connectivity index (χ1n) is 6.22. The molecule has 0 fully saturated rings. The number of aryl methyl sites for hydroxylation is 3. The Hall–Kier alpha value is -1.46. The molecule has 2 aromatic rings. The Labute approximate surface area is 115 Å². The molecule has 0 saturated carbocycles. The molecule has 5 heteroatoms. The van der Waals surface area contributed by atoms with Gasteiger partial charge in [-0.3, -0.25) is 4.21 Å². The topological polar surface area (TPSA) is 68.8 Å². The van der Waals surface area contributed by atoms with Crippen molar-refractivity contribution in [1.29, 1.82) is 0 Å². The highest BCUT2D eigenvalue weighted by molar-refractivity contribution is 7.78. The van der Waals surface area contributed by atoms with E-state index in [4.69, 9.17) is 0 Å². The van der Waals surface area contributed by atoms with E-state index in [-0.39, 0.29) is 5.75 Å². The van der Waals surface area contributed by atoms with Crippen LogP contribution in [0, 0.1) is 13.8 Å². The van der Waals surface area contributed by atoms with Crippen LogP contribution in [0.3, 0.4) is 0 Å². The minimum absolute atomic E-state index is 0.0345. The van der Waals surface area contributed by atoms with E-state index in [2.05, 4.69) is 23.0 Å². The quantitative estimate of drug-likeness (QED) is 0.873. The summed E-state index contributed by atoms with van der Waals surface area (Å²) in [6, 6.07) is 6.16. The van der Waals surface area contributed by atoms with Gasteiger partial charge in [0.05, 0.1) is 17.1 Å². The first kappa shape index (κ1) is 14.0. The van der Waals surface area contributed by atoms with Crippen LogP contribution in [0.2, 0.25) is 0 Å². The van der Waals surface area contributed by atoms with Gasteiger partial charge in [-0.15, -0.1) is 0 Å². The molecular weight excluding hydrogens is 260 g/mol. The lowest BCUT2D eigenvalue weighted by Gasteiger charge is -2.10. The number of nitrogens with one attached hydrogen (secondary N) is 1. The molecule has 0 amide bonds. The molecule has 4 nitrogen and oxygen atoms in total. The average molecular weight is 277 g/mol. The second-order valence-corrected chi connectivity index (χ2v) is 5.51. The first-order valence-corrected chi connectivity index (χ1v) is 7.47. The van der Waals surface area contributed by atoms with E-state index < -0.39 is 11.1 Å². The van der Waals surface area contributed by atoms with Gasteiger partial charge in [-0.05, 0) is 36.9 Å². The van der Waals surface area contributed by atoms with Crippen LogP contribution in [0.4, 0.5) is 0 Å². The zero-order valence-corrected chi connectivity index (χ0v) is 12.1. The van der Waals surface area contributed by atoms with Crippen molar-refractivity contribution in [3.05, 3.63) is 40.8 Å². The van der Waals surface area contributed by atoms with E-state index in [0.29, 0.717) is 5.69 Å². The fraction of sp³-hybridized carbons (Fsp3) is 0.357. The minimum Gasteiger partial charge on any atom is -0.772 e. The maximum absolute atomic E-state index is 10.9. The van der Waals surface area contributed by atoms with Crippen LogP contribution in [-0.2, 0) is 23.3 Å². The summed E-state index contributed by atoms with van der Waals surface area (Å²) >= 11 is -2.12. The van der Waals surface area contributed by atoms with E-state index in [1.54, 1.807) is 0 Å². The van der Waals surface area contributed by atoms with E-state index in [9.17, 15) is 8.76 Å². The number of benzene rings is 1. The molecule has 1 unspecified atom stereocenters. The van der Waals surface area contributed by atoms with Crippen LogP contribution in [0.25, 0.3) is 11.3 Å². The number of hydrogen-bond donors (Lipinski definition) is 1. The van der Waals surface area contributed by atoms with Gasteiger partial charge in [0.15, 0.2) is 0 Å². The molecule has 1 heterocycles. The highest BCUT2D eigenvalue weighted by Crippen LogP contribution is 2.27. The summed E-state index contributed by atoms with van der Waals surface area (Å²) in [5.74, 6) is 0.700. The van der Waals surface area contributed by atoms with Crippen LogP contribution < -0.4 is 0 Å². The van der Waals surface area contributed by atoms with E-state index in [0.717, 1.165) is 23.5 Å². The normalized spacial score (nSPS) is 12.6. The number of aromatic nitrogens is 2. The molecule has 1 aromatic carbocycles. The van der Waals surface area contributed by atoms with Gasteiger partial charge in [-0.2, -0.15) is 0 Å². The first-order chi connectivity index (χ1) is 9.01. The maximum atomic E-state index is 10.9. The van der Waals surface area contributed by atoms with Crippen LogP contribution in [0.15, 0.2) is 18.2 Å². The molecule has 0 saturated heterocycles. The fourth-order valence-corrected chi connectivity index (χ4v) is 2.68. The molecule has 0 aliphatic carbocycles. The van der Waals surface area contributed by atoms with Crippen molar-refractivity contribution >= 4 is 11.1 Å². The largest absolute Gasteiger partial charge is 0.772 e. The predicted molar refractivity (Wildman–Crippen MR) is 75.5 cm³/mol. The third-order valence-electron chi connectivity index (χ3n) is 3.06. The monoisotopic (exact) mass is 277 g/mol. The standard InChI is InChI=1S/C14H18N2O2S/c1-4-11-7-9(2)5-6-12(11)14-13(8-19(17)18)15-10(3)16-14/h5-7H,4,8H2,1-3H3,(H,15,16)(H,17,18)/p-1. The second kappa shape index (κ2) is 5.67. The van der Waals surface area contributed by atoms with Crippen molar-refractivity contribution in [2.45, 2.75) is 32.9 Å². The SMILES string of the molecule is CCc1cc(C)ccc1-c1nc(C)[nH]c1CS(=O)[O-]. The summed E-state index contributed by atoms with van der Waals surface area (Å²) in [4.78, 5) is 7.48.